The maximum Gasteiger partial charge on any atom is 0.258 e. The van der Waals surface area contributed by atoms with Gasteiger partial charge in [0, 0.05) is 18.9 Å². The van der Waals surface area contributed by atoms with Crippen LogP contribution in [0.2, 0.25) is 0 Å². The lowest BCUT2D eigenvalue weighted by molar-refractivity contribution is 0.102. The third-order valence-corrected chi connectivity index (χ3v) is 4.84. The molecule has 3 aromatic rings. The van der Waals surface area contributed by atoms with Crippen molar-refractivity contribution in [1.82, 2.24) is 15.3 Å². The molecular weight excluding hydrogens is 388 g/mol. The van der Waals surface area contributed by atoms with Gasteiger partial charge < -0.3 is 21.7 Å². The van der Waals surface area contributed by atoms with Gasteiger partial charge in [0.2, 0.25) is 5.95 Å². The van der Waals surface area contributed by atoms with E-state index in [1.807, 2.05) is 42.5 Å². The van der Waals surface area contributed by atoms with Crippen LogP contribution < -0.4 is 21.7 Å². The summed E-state index contributed by atoms with van der Waals surface area (Å²) in [7, 11) is 0. The minimum absolute atomic E-state index is 0.302. The summed E-state index contributed by atoms with van der Waals surface area (Å²) < 4.78 is 0. The van der Waals surface area contributed by atoms with E-state index in [0.29, 0.717) is 22.9 Å². The number of nitrogens with one attached hydrogen (secondary N) is 3. The molecule has 0 aliphatic heterocycles. The van der Waals surface area contributed by atoms with E-state index in [4.69, 9.17) is 5.73 Å². The number of carbonyl (C=O) groups excluding carboxylic acids is 1. The molecule has 0 fully saturated rings. The van der Waals surface area contributed by atoms with E-state index in [1.165, 1.54) is 25.2 Å². The van der Waals surface area contributed by atoms with E-state index in [9.17, 15) is 4.79 Å². The molecule has 0 atom stereocenters. The van der Waals surface area contributed by atoms with E-state index in [2.05, 4.69) is 32.8 Å². The summed E-state index contributed by atoms with van der Waals surface area (Å²) in [4.78, 5) is 21.1. The number of aromatic nitrogens is 2. The highest BCUT2D eigenvalue weighted by Gasteiger charge is 2.11. The highest BCUT2D eigenvalue weighted by atomic mass is 16.1. The largest absolute Gasteiger partial charge is 0.397 e. The molecule has 7 heteroatoms. The van der Waals surface area contributed by atoms with Crippen LogP contribution >= 0.6 is 0 Å². The van der Waals surface area contributed by atoms with Gasteiger partial charge in [0.15, 0.2) is 0 Å². The summed E-state index contributed by atoms with van der Waals surface area (Å²) >= 11 is 0. The highest BCUT2D eigenvalue weighted by Crippen LogP contribution is 2.27. The Kier molecular flexibility index (Phi) is 8.37. The van der Waals surface area contributed by atoms with Gasteiger partial charge in [0.05, 0.1) is 16.9 Å². The van der Waals surface area contributed by atoms with Gasteiger partial charge in [-0.3, -0.25) is 4.79 Å². The third kappa shape index (κ3) is 6.79. The van der Waals surface area contributed by atoms with E-state index in [-0.39, 0.29) is 5.91 Å². The first-order valence-electron chi connectivity index (χ1n) is 10.7. The molecule has 0 radical (unpaired) electrons. The van der Waals surface area contributed by atoms with Gasteiger partial charge in [-0.05, 0) is 49.2 Å². The number of hydrogen-bond donors (Lipinski definition) is 4. The first kappa shape index (κ1) is 22.2. The average molecular weight is 419 g/mol. The van der Waals surface area contributed by atoms with E-state index >= 15 is 0 Å². The Hall–Kier alpha value is -3.45. The fourth-order valence-electron chi connectivity index (χ4n) is 3.05. The van der Waals surface area contributed by atoms with Crippen molar-refractivity contribution in [2.45, 2.75) is 26.2 Å². The number of amides is 1. The Bertz CT molecular complexity index is 960. The number of rotatable bonds is 11. The Morgan fingerprint density at radius 2 is 1.68 bits per heavy atom. The van der Waals surface area contributed by atoms with Crippen molar-refractivity contribution in [2.75, 3.05) is 36.0 Å². The monoisotopic (exact) mass is 418 g/mol. The van der Waals surface area contributed by atoms with Gasteiger partial charge >= 0.3 is 0 Å². The molecule has 0 saturated heterocycles. The third-order valence-electron chi connectivity index (χ3n) is 4.84. The Morgan fingerprint density at radius 1 is 0.935 bits per heavy atom. The first-order valence-corrected chi connectivity index (χ1v) is 10.7. The molecule has 0 aliphatic rings. The van der Waals surface area contributed by atoms with E-state index in [1.54, 1.807) is 6.07 Å². The number of benzene rings is 2. The zero-order valence-corrected chi connectivity index (χ0v) is 17.9. The van der Waals surface area contributed by atoms with Crippen LogP contribution in [0.3, 0.4) is 0 Å². The van der Waals surface area contributed by atoms with Crippen LogP contribution in [0, 0.1) is 0 Å². The van der Waals surface area contributed by atoms with Gasteiger partial charge in [-0.1, -0.05) is 49.7 Å². The van der Waals surface area contributed by atoms with Crippen LogP contribution in [0.25, 0.3) is 11.1 Å². The molecule has 7 nitrogen and oxygen atoms in total. The summed E-state index contributed by atoms with van der Waals surface area (Å²) in [6.07, 6.45) is 6.40. The zero-order chi connectivity index (χ0) is 21.9. The number of nitrogens with zero attached hydrogens (tertiary/aromatic N) is 2. The SMILES string of the molecule is CCCCNCCCNc1ncc(C(=O)Nc2cc(-c3ccccc3)ccc2N)cn1. The summed E-state index contributed by atoms with van der Waals surface area (Å²) in [6.45, 7) is 4.96. The summed E-state index contributed by atoms with van der Waals surface area (Å²) in [5, 5.41) is 9.43. The number of nitrogen functional groups attached to an aromatic ring is 1. The molecule has 162 valence electrons. The second-order valence-electron chi connectivity index (χ2n) is 7.30. The van der Waals surface area contributed by atoms with Crippen molar-refractivity contribution >= 4 is 23.2 Å². The van der Waals surface area contributed by atoms with Crippen molar-refractivity contribution in [3.8, 4) is 11.1 Å². The second kappa shape index (κ2) is 11.7. The zero-order valence-electron chi connectivity index (χ0n) is 17.9. The first-order chi connectivity index (χ1) is 15.2. The van der Waals surface area contributed by atoms with Crippen LogP contribution in [0.4, 0.5) is 17.3 Å². The van der Waals surface area contributed by atoms with Crippen LogP contribution in [0.5, 0.6) is 0 Å². The molecule has 2 aromatic carbocycles. The van der Waals surface area contributed by atoms with Crippen molar-refractivity contribution < 1.29 is 4.79 Å². The van der Waals surface area contributed by atoms with Gasteiger partial charge in [0.1, 0.15) is 0 Å². The minimum Gasteiger partial charge on any atom is -0.397 e. The van der Waals surface area contributed by atoms with E-state index < -0.39 is 0 Å². The van der Waals surface area contributed by atoms with Crippen LogP contribution in [0.15, 0.2) is 60.9 Å². The number of hydrogen-bond acceptors (Lipinski definition) is 6. The van der Waals surface area contributed by atoms with Crippen LogP contribution in [-0.2, 0) is 0 Å². The predicted molar refractivity (Wildman–Crippen MR) is 127 cm³/mol. The quantitative estimate of drug-likeness (QED) is 0.275. The molecule has 1 heterocycles. The molecule has 0 spiro atoms. The maximum absolute atomic E-state index is 12.6. The average Bonchev–Trinajstić information content (AvgIpc) is 2.81. The van der Waals surface area contributed by atoms with Crippen LogP contribution in [0.1, 0.15) is 36.5 Å². The lowest BCUT2D eigenvalue weighted by atomic mass is 10.0. The van der Waals surface area contributed by atoms with Crippen molar-refractivity contribution in [3.05, 3.63) is 66.5 Å². The number of unbranched alkanes of at least 4 members (excludes halogenated alkanes) is 1. The molecule has 0 saturated carbocycles. The van der Waals surface area contributed by atoms with Gasteiger partial charge in [0.25, 0.3) is 5.91 Å². The van der Waals surface area contributed by atoms with Crippen molar-refractivity contribution in [3.63, 3.8) is 0 Å². The Labute approximate surface area is 183 Å². The second-order valence-corrected chi connectivity index (χ2v) is 7.30. The smallest absolute Gasteiger partial charge is 0.258 e. The molecule has 5 N–H and O–H groups in total. The highest BCUT2D eigenvalue weighted by molar-refractivity contribution is 6.05. The standard InChI is InChI=1S/C24H30N6O/c1-2-3-12-26-13-7-14-27-24-28-16-20(17-29-24)23(31)30-22-15-19(10-11-21(22)25)18-8-5-4-6-9-18/h4-6,8-11,15-17,26H,2-3,7,12-14,25H2,1H3,(H,30,31)(H,27,28,29). The molecule has 3 rings (SSSR count). The van der Waals surface area contributed by atoms with Gasteiger partial charge in [-0.15, -0.1) is 0 Å². The molecule has 1 aromatic heterocycles. The number of nitrogens with two attached hydrogens (primary N) is 1. The van der Waals surface area contributed by atoms with Crippen LogP contribution in [-0.4, -0.2) is 35.5 Å². The topological polar surface area (TPSA) is 105 Å². The fourth-order valence-corrected chi connectivity index (χ4v) is 3.05. The number of anilines is 3. The number of carbonyl (C=O) groups is 1. The van der Waals surface area contributed by atoms with E-state index in [0.717, 1.165) is 37.2 Å². The molecular formula is C24H30N6O. The summed E-state index contributed by atoms with van der Waals surface area (Å²) in [5.41, 5.74) is 9.52. The molecule has 31 heavy (non-hydrogen) atoms. The minimum atomic E-state index is -0.302. The molecule has 0 unspecified atom stereocenters. The lowest BCUT2D eigenvalue weighted by Gasteiger charge is -2.11. The summed E-state index contributed by atoms with van der Waals surface area (Å²) in [6, 6.07) is 15.5. The fraction of sp³-hybridized carbons (Fsp3) is 0.292. The summed E-state index contributed by atoms with van der Waals surface area (Å²) in [5.74, 6) is 0.208. The Balaban J connectivity index is 1.54. The van der Waals surface area contributed by atoms with Gasteiger partial charge in [-0.25, -0.2) is 9.97 Å². The lowest BCUT2D eigenvalue weighted by Crippen LogP contribution is -2.19. The van der Waals surface area contributed by atoms with Crippen molar-refractivity contribution in [1.29, 1.82) is 0 Å². The molecule has 0 aliphatic carbocycles. The van der Waals surface area contributed by atoms with Gasteiger partial charge in [-0.2, -0.15) is 0 Å². The molecule has 0 bridgehead atoms. The Morgan fingerprint density at radius 3 is 2.42 bits per heavy atom. The predicted octanol–water partition coefficient (Wildman–Crippen LogP) is 4.17. The maximum atomic E-state index is 12.6. The molecule has 1 amide bonds. The van der Waals surface area contributed by atoms with Crippen molar-refractivity contribution in [2.24, 2.45) is 0 Å². The normalized spacial score (nSPS) is 10.6.